The summed E-state index contributed by atoms with van der Waals surface area (Å²) in [6.45, 7) is 0.113. The highest BCUT2D eigenvalue weighted by atomic mass is 32.2. The molecule has 166 valence electrons. The van der Waals surface area contributed by atoms with Gasteiger partial charge in [-0.15, -0.1) is 11.3 Å². The van der Waals surface area contributed by atoms with Crippen LogP contribution in [0.2, 0.25) is 0 Å². The lowest BCUT2D eigenvalue weighted by atomic mass is 10.1. The Labute approximate surface area is 184 Å². The molecule has 0 spiro atoms. The second-order valence-corrected chi connectivity index (χ2v) is 9.24. The van der Waals surface area contributed by atoms with Crippen LogP contribution in [0, 0.1) is 0 Å². The number of nitrogens with zero attached hydrogens (tertiary/aromatic N) is 2. The number of alkyl halides is 3. The fraction of sp³-hybridized carbons (Fsp3) is 0.100. The van der Waals surface area contributed by atoms with Crippen LogP contribution in [-0.2, 0) is 22.7 Å². The Kier molecular flexibility index (Phi) is 5.65. The van der Waals surface area contributed by atoms with Gasteiger partial charge in [0, 0.05) is 17.8 Å². The first-order chi connectivity index (χ1) is 15.1. The van der Waals surface area contributed by atoms with Gasteiger partial charge in [-0.2, -0.15) is 13.2 Å². The average Bonchev–Trinajstić information content (AvgIpc) is 3.33. The normalized spacial score (nSPS) is 12.1. The number of aromatic nitrogens is 2. The van der Waals surface area contributed by atoms with Crippen molar-refractivity contribution in [2.45, 2.75) is 17.6 Å². The van der Waals surface area contributed by atoms with Crippen LogP contribution in [0.25, 0.3) is 4.96 Å². The molecule has 0 unspecified atom stereocenters. The lowest BCUT2D eigenvalue weighted by molar-refractivity contribution is -0.137. The number of carbonyl (C=O) groups is 1. The SMILES string of the molecule is O=C(NCc1cn2ccsc2n1)c1ccccc1NS(=O)(=O)c1cccc(C(F)(F)F)c1. The van der Waals surface area contributed by atoms with Gasteiger partial charge < -0.3 is 5.32 Å². The van der Waals surface area contributed by atoms with Gasteiger partial charge in [0.1, 0.15) is 0 Å². The van der Waals surface area contributed by atoms with E-state index in [2.05, 4.69) is 15.0 Å². The van der Waals surface area contributed by atoms with Crippen molar-refractivity contribution in [3.63, 3.8) is 0 Å². The van der Waals surface area contributed by atoms with Crippen LogP contribution in [0.1, 0.15) is 21.6 Å². The number of amides is 1. The molecule has 1 amide bonds. The lowest BCUT2D eigenvalue weighted by Gasteiger charge is -2.14. The van der Waals surface area contributed by atoms with Gasteiger partial charge >= 0.3 is 6.18 Å². The molecule has 2 aromatic heterocycles. The summed E-state index contributed by atoms with van der Waals surface area (Å²) in [5.41, 5.74) is -0.518. The summed E-state index contributed by atoms with van der Waals surface area (Å²) >= 11 is 1.44. The summed E-state index contributed by atoms with van der Waals surface area (Å²) in [5, 5.41) is 4.54. The maximum Gasteiger partial charge on any atom is 0.416 e. The zero-order chi connectivity index (χ0) is 22.9. The molecule has 2 heterocycles. The lowest BCUT2D eigenvalue weighted by Crippen LogP contribution is -2.25. The molecular weight excluding hydrogens is 465 g/mol. The molecule has 2 aromatic carbocycles. The van der Waals surface area contributed by atoms with Crippen molar-refractivity contribution in [2.24, 2.45) is 0 Å². The van der Waals surface area contributed by atoms with E-state index < -0.39 is 32.6 Å². The highest BCUT2D eigenvalue weighted by molar-refractivity contribution is 7.92. The number of rotatable bonds is 6. The number of hydrogen-bond acceptors (Lipinski definition) is 5. The van der Waals surface area contributed by atoms with Crippen LogP contribution in [-0.4, -0.2) is 23.7 Å². The van der Waals surface area contributed by atoms with E-state index in [4.69, 9.17) is 0 Å². The van der Waals surface area contributed by atoms with E-state index in [1.165, 1.54) is 29.5 Å². The van der Waals surface area contributed by atoms with E-state index in [0.717, 1.165) is 23.2 Å². The number of hydrogen-bond donors (Lipinski definition) is 2. The number of nitrogens with one attached hydrogen (secondary N) is 2. The predicted molar refractivity (Wildman–Crippen MR) is 113 cm³/mol. The molecule has 0 aliphatic rings. The Morgan fingerprint density at radius 3 is 2.66 bits per heavy atom. The second kappa shape index (κ2) is 8.28. The molecule has 0 atom stereocenters. The fourth-order valence-electron chi connectivity index (χ4n) is 2.94. The number of benzene rings is 2. The van der Waals surface area contributed by atoms with E-state index in [0.29, 0.717) is 11.8 Å². The molecule has 0 bridgehead atoms. The quantitative estimate of drug-likeness (QED) is 0.434. The largest absolute Gasteiger partial charge is 0.416 e. The zero-order valence-corrected chi connectivity index (χ0v) is 17.8. The van der Waals surface area contributed by atoms with Gasteiger partial charge in [-0.1, -0.05) is 18.2 Å². The van der Waals surface area contributed by atoms with Crippen molar-refractivity contribution in [1.29, 1.82) is 0 Å². The molecule has 0 radical (unpaired) electrons. The van der Waals surface area contributed by atoms with Crippen molar-refractivity contribution >= 4 is 37.9 Å². The molecule has 32 heavy (non-hydrogen) atoms. The number of fused-ring (bicyclic) bond motifs is 1. The third kappa shape index (κ3) is 4.60. The summed E-state index contributed by atoms with van der Waals surface area (Å²) in [4.78, 5) is 17.2. The minimum absolute atomic E-state index is 0.0177. The van der Waals surface area contributed by atoms with Crippen molar-refractivity contribution in [1.82, 2.24) is 14.7 Å². The van der Waals surface area contributed by atoms with E-state index >= 15 is 0 Å². The minimum Gasteiger partial charge on any atom is -0.346 e. The van der Waals surface area contributed by atoms with Gasteiger partial charge in [0.05, 0.1) is 33.9 Å². The number of halogens is 3. The Morgan fingerprint density at radius 1 is 1.12 bits per heavy atom. The third-order valence-corrected chi connectivity index (χ3v) is 6.59. The smallest absolute Gasteiger partial charge is 0.346 e. The molecule has 0 fully saturated rings. The minimum atomic E-state index is -4.69. The summed E-state index contributed by atoms with van der Waals surface area (Å²) in [6, 6.07) is 9.18. The maximum absolute atomic E-state index is 13.0. The number of thiazole rings is 1. The van der Waals surface area contributed by atoms with E-state index in [9.17, 15) is 26.4 Å². The van der Waals surface area contributed by atoms with E-state index in [1.807, 2.05) is 16.0 Å². The molecule has 0 aliphatic carbocycles. The molecular formula is C20H15F3N4O3S2. The highest BCUT2D eigenvalue weighted by Gasteiger charge is 2.31. The number of imidazole rings is 1. The number of anilines is 1. The molecule has 2 N–H and O–H groups in total. The first kappa shape index (κ1) is 21.8. The highest BCUT2D eigenvalue weighted by Crippen LogP contribution is 2.31. The Balaban J connectivity index is 1.53. The zero-order valence-electron chi connectivity index (χ0n) is 16.1. The third-order valence-electron chi connectivity index (χ3n) is 4.46. The Hall–Kier alpha value is -3.38. The fourth-order valence-corrected chi connectivity index (χ4v) is 4.78. The molecule has 0 saturated heterocycles. The number of sulfonamides is 1. The van der Waals surface area contributed by atoms with Crippen LogP contribution in [0.15, 0.2) is 71.2 Å². The predicted octanol–water partition coefficient (Wildman–Crippen LogP) is 4.15. The van der Waals surface area contributed by atoms with Crippen molar-refractivity contribution in [3.8, 4) is 0 Å². The van der Waals surface area contributed by atoms with Gasteiger partial charge in [0.15, 0.2) is 4.96 Å². The van der Waals surface area contributed by atoms with Crippen LogP contribution >= 0.6 is 11.3 Å². The van der Waals surface area contributed by atoms with Crippen molar-refractivity contribution in [2.75, 3.05) is 4.72 Å². The first-order valence-corrected chi connectivity index (χ1v) is 11.5. The van der Waals surface area contributed by atoms with Crippen LogP contribution < -0.4 is 10.0 Å². The Bertz CT molecular complexity index is 1370. The molecule has 4 rings (SSSR count). The molecule has 12 heteroatoms. The topological polar surface area (TPSA) is 92.6 Å². The maximum atomic E-state index is 13.0. The van der Waals surface area contributed by atoms with Crippen molar-refractivity contribution in [3.05, 3.63) is 83.1 Å². The van der Waals surface area contributed by atoms with Crippen molar-refractivity contribution < 1.29 is 26.4 Å². The Morgan fingerprint density at radius 2 is 1.91 bits per heavy atom. The summed E-state index contributed by atoms with van der Waals surface area (Å²) < 4.78 is 68.2. The van der Waals surface area contributed by atoms with E-state index in [1.54, 1.807) is 12.3 Å². The van der Waals surface area contributed by atoms with Crippen LogP contribution in [0.3, 0.4) is 0 Å². The van der Waals surface area contributed by atoms with Gasteiger partial charge in [-0.3, -0.25) is 13.9 Å². The van der Waals surface area contributed by atoms with Crippen LogP contribution in [0.4, 0.5) is 18.9 Å². The van der Waals surface area contributed by atoms with Gasteiger partial charge in [0.2, 0.25) is 0 Å². The average molecular weight is 480 g/mol. The summed E-state index contributed by atoms with van der Waals surface area (Å²) in [6.07, 6.45) is -1.10. The molecule has 4 aromatic rings. The molecule has 0 aliphatic heterocycles. The van der Waals surface area contributed by atoms with Gasteiger partial charge in [-0.05, 0) is 30.3 Å². The number of carbonyl (C=O) groups excluding carboxylic acids is 1. The summed E-state index contributed by atoms with van der Waals surface area (Å²) in [5.74, 6) is -0.566. The van der Waals surface area contributed by atoms with Gasteiger partial charge in [0.25, 0.3) is 15.9 Å². The van der Waals surface area contributed by atoms with Crippen LogP contribution in [0.5, 0.6) is 0 Å². The first-order valence-electron chi connectivity index (χ1n) is 9.12. The standard InChI is InChI=1S/C20H15F3N4O3S2/c21-20(22,23)13-4-3-5-15(10-13)32(29,30)26-17-7-2-1-6-16(17)18(28)24-11-14-12-27-8-9-31-19(27)25-14/h1-10,12,26H,11H2,(H,24,28). The van der Waals surface area contributed by atoms with Gasteiger partial charge in [-0.25, -0.2) is 13.4 Å². The second-order valence-electron chi connectivity index (χ2n) is 6.68. The van der Waals surface area contributed by atoms with E-state index in [-0.39, 0.29) is 17.8 Å². The molecule has 0 saturated carbocycles. The number of para-hydroxylation sites is 1. The summed E-state index contributed by atoms with van der Waals surface area (Å²) in [7, 11) is -4.37. The monoisotopic (exact) mass is 480 g/mol. The molecule has 7 nitrogen and oxygen atoms in total.